The second-order valence-corrected chi connectivity index (χ2v) is 4.43. The molecule has 0 fully saturated rings. The van der Waals surface area contributed by atoms with E-state index in [1.165, 1.54) is 0 Å². The number of aldehydes is 1. The Balaban J connectivity index is 2.77. The number of carbonyl (C=O) groups is 1. The molecule has 0 N–H and O–H groups in total. The van der Waals surface area contributed by atoms with Crippen LogP contribution in [0.4, 0.5) is 0 Å². The summed E-state index contributed by atoms with van der Waals surface area (Å²) in [6, 6.07) is 3.72. The molecule has 0 bridgehead atoms. The van der Waals surface area contributed by atoms with Gasteiger partial charge in [-0.05, 0) is 50.5 Å². The minimum atomic E-state index is -0.379. The summed E-state index contributed by atoms with van der Waals surface area (Å²) in [4.78, 5) is 11.1. The van der Waals surface area contributed by atoms with E-state index in [1.807, 2.05) is 33.8 Å². The van der Waals surface area contributed by atoms with Gasteiger partial charge in [0.1, 0.15) is 18.6 Å². The molecule has 1 aromatic rings. The number of carbonyl (C=O) groups excluding carboxylic acids is 1. The third kappa shape index (κ3) is 4.62. The molecule has 4 heteroatoms. The van der Waals surface area contributed by atoms with Crippen LogP contribution in [-0.4, -0.2) is 32.4 Å². The van der Waals surface area contributed by atoms with Crippen molar-refractivity contribution in [2.75, 3.05) is 19.8 Å². The van der Waals surface area contributed by atoms with Crippen LogP contribution in [0.5, 0.6) is 5.75 Å². The van der Waals surface area contributed by atoms with Crippen LogP contribution in [0.2, 0.25) is 0 Å². The molecule has 0 unspecified atom stereocenters. The van der Waals surface area contributed by atoms with Gasteiger partial charge in [-0.3, -0.25) is 4.79 Å². The number of aryl methyl sites for hydroxylation is 1. The maximum Gasteiger partial charge on any atom is 0.191 e. The normalized spacial score (nSPS) is 10.8. The molecule has 0 aliphatic carbocycles. The SMILES string of the molecule is CCOC(COc1cc(C)c(CC)c(C=O)c1)OCC. The van der Waals surface area contributed by atoms with Crippen molar-refractivity contribution in [2.24, 2.45) is 0 Å². The van der Waals surface area contributed by atoms with Gasteiger partial charge in [0.2, 0.25) is 0 Å². The lowest BCUT2D eigenvalue weighted by atomic mass is 10.00. The van der Waals surface area contributed by atoms with Crippen molar-refractivity contribution in [3.05, 3.63) is 28.8 Å². The van der Waals surface area contributed by atoms with E-state index < -0.39 is 0 Å². The van der Waals surface area contributed by atoms with E-state index in [1.54, 1.807) is 6.07 Å². The minimum absolute atomic E-state index is 0.310. The molecule has 0 saturated heterocycles. The highest BCUT2D eigenvalue weighted by Crippen LogP contribution is 2.22. The molecule has 20 heavy (non-hydrogen) atoms. The number of rotatable bonds is 9. The highest BCUT2D eigenvalue weighted by Gasteiger charge is 2.11. The fourth-order valence-electron chi connectivity index (χ4n) is 2.16. The molecule has 0 atom stereocenters. The lowest BCUT2D eigenvalue weighted by Crippen LogP contribution is -2.25. The summed E-state index contributed by atoms with van der Waals surface area (Å²) < 4.78 is 16.5. The largest absolute Gasteiger partial charge is 0.488 e. The van der Waals surface area contributed by atoms with E-state index in [2.05, 4.69) is 0 Å². The number of benzene rings is 1. The predicted molar refractivity (Wildman–Crippen MR) is 78.5 cm³/mol. The van der Waals surface area contributed by atoms with Crippen LogP contribution in [0.15, 0.2) is 12.1 Å². The van der Waals surface area contributed by atoms with Crippen molar-refractivity contribution >= 4 is 6.29 Å². The zero-order chi connectivity index (χ0) is 15.0. The molecular formula is C16H24O4. The second-order valence-electron chi connectivity index (χ2n) is 4.43. The highest BCUT2D eigenvalue weighted by atomic mass is 16.7. The average molecular weight is 280 g/mol. The summed E-state index contributed by atoms with van der Waals surface area (Å²) in [5.41, 5.74) is 2.82. The Bertz CT molecular complexity index is 423. The van der Waals surface area contributed by atoms with Crippen LogP contribution in [-0.2, 0) is 15.9 Å². The van der Waals surface area contributed by atoms with Crippen LogP contribution in [0, 0.1) is 6.92 Å². The smallest absolute Gasteiger partial charge is 0.191 e. The van der Waals surface area contributed by atoms with E-state index >= 15 is 0 Å². The van der Waals surface area contributed by atoms with E-state index in [0.29, 0.717) is 31.1 Å². The monoisotopic (exact) mass is 280 g/mol. The molecule has 1 aromatic carbocycles. The third-order valence-electron chi connectivity index (χ3n) is 3.05. The topological polar surface area (TPSA) is 44.8 Å². The van der Waals surface area contributed by atoms with Gasteiger partial charge in [0, 0.05) is 18.8 Å². The molecule has 0 radical (unpaired) electrons. The second kappa shape index (κ2) is 8.72. The molecular weight excluding hydrogens is 256 g/mol. The van der Waals surface area contributed by atoms with Crippen molar-refractivity contribution in [1.82, 2.24) is 0 Å². The summed E-state index contributed by atoms with van der Waals surface area (Å²) in [5, 5.41) is 0. The first-order valence-electron chi connectivity index (χ1n) is 7.10. The van der Waals surface area contributed by atoms with E-state index in [4.69, 9.17) is 14.2 Å². The van der Waals surface area contributed by atoms with Gasteiger partial charge in [-0.15, -0.1) is 0 Å². The lowest BCUT2D eigenvalue weighted by Gasteiger charge is -2.18. The maximum absolute atomic E-state index is 11.1. The highest BCUT2D eigenvalue weighted by molar-refractivity contribution is 5.79. The zero-order valence-corrected chi connectivity index (χ0v) is 12.8. The molecule has 4 nitrogen and oxygen atoms in total. The molecule has 112 valence electrons. The van der Waals surface area contributed by atoms with Gasteiger partial charge < -0.3 is 14.2 Å². The lowest BCUT2D eigenvalue weighted by molar-refractivity contribution is -0.152. The third-order valence-corrected chi connectivity index (χ3v) is 3.05. The average Bonchev–Trinajstić information content (AvgIpc) is 2.44. The van der Waals surface area contributed by atoms with Gasteiger partial charge in [-0.1, -0.05) is 6.92 Å². The zero-order valence-electron chi connectivity index (χ0n) is 12.8. The fourth-order valence-corrected chi connectivity index (χ4v) is 2.16. The first kappa shape index (κ1) is 16.7. The molecule has 0 aliphatic heterocycles. The van der Waals surface area contributed by atoms with E-state index in [9.17, 15) is 4.79 Å². The summed E-state index contributed by atoms with van der Waals surface area (Å²) >= 11 is 0. The van der Waals surface area contributed by atoms with Crippen molar-refractivity contribution in [3.8, 4) is 5.75 Å². The Hall–Kier alpha value is -1.39. The Kier molecular flexibility index (Phi) is 7.26. The van der Waals surface area contributed by atoms with E-state index in [-0.39, 0.29) is 6.29 Å². The van der Waals surface area contributed by atoms with E-state index in [0.717, 1.165) is 23.8 Å². The first-order chi connectivity index (χ1) is 9.65. The molecule has 0 aromatic heterocycles. The van der Waals surface area contributed by atoms with Crippen LogP contribution >= 0.6 is 0 Å². The number of ether oxygens (including phenoxy) is 3. The van der Waals surface area contributed by atoms with Crippen molar-refractivity contribution < 1.29 is 19.0 Å². The van der Waals surface area contributed by atoms with Gasteiger partial charge in [0.05, 0.1) is 0 Å². The first-order valence-corrected chi connectivity index (χ1v) is 7.10. The number of hydrogen-bond acceptors (Lipinski definition) is 4. The standard InChI is InChI=1S/C16H24O4/c1-5-15-12(4)8-14(9-13(15)10-17)20-11-16(18-6-2)19-7-3/h8-10,16H,5-7,11H2,1-4H3. The van der Waals surface area contributed by atoms with Gasteiger partial charge in [0.15, 0.2) is 6.29 Å². The van der Waals surface area contributed by atoms with Crippen LogP contribution in [0.25, 0.3) is 0 Å². The van der Waals surface area contributed by atoms with Crippen molar-refractivity contribution in [3.63, 3.8) is 0 Å². The minimum Gasteiger partial charge on any atom is -0.488 e. The van der Waals surface area contributed by atoms with Crippen molar-refractivity contribution in [2.45, 2.75) is 40.4 Å². The van der Waals surface area contributed by atoms with Gasteiger partial charge in [-0.2, -0.15) is 0 Å². The fraction of sp³-hybridized carbons (Fsp3) is 0.562. The molecule has 0 heterocycles. The summed E-state index contributed by atoms with van der Waals surface area (Å²) in [7, 11) is 0. The quantitative estimate of drug-likeness (QED) is 0.515. The Morgan fingerprint density at radius 3 is 2.30 bits per heavy atom. The Morgan fingerprint density at radius 1 is 1.15 bits per heavy atom. The molecule has 0 aliphatic rings. The van der Waals surface area contributed by atoms with Gasteiger partial charge in [-0.25, -0.2) is 0 Å². The summed E-state index contributed by atoms with van der Waals surface area (Å²) in [6.45, 7) is 9.30. The molecule has 0 amide bonds. The molecule has 0 spiro atoms. The van der Waals surface area contributed by atoms with Gasteiger partial charge >= 0.3 is 0 Å². The maximum atomic E-state index is 11.1. The van der Waals surface area contributed by atoms with Crippen molar-refractivity contribution in [1.29, 1.82) is 0 Å². The number of hydrogen-bond donors (Lipinski definition) is 0. The van der Waals surface area contributed by atoms with Crippen LogP contribution < -0.4 is 4.74 Å². The molecule has 0 saturated carbocycles. The molecule has 1 rings (SSSR count). The van der Waals surface area contributed by atoms with Gasteiger partial charge in [0.25, 0.3) is 0 Å². The van der Waals surface area contributed by atoms with Crippen LogP contribution in [0.3, 0.4) is 0 Å². The summed E-state index contributed by atoms with van der Waals surface area (Å²) in [6.07, 6.45) is 1.33. The van der Waals surface area contributed by atoms with Crippen LogP contribution in [0.1, 0.15) is 42.3 Å². The summed E-state index contributed by atoms with van der Waals surface area (Å²) in [5.74, 6) is 0.672. The Labute approximate surface area is 121 Å². The predicted octanol–water partition coefficient (Wildman–Crippen LogP) is 3.15. The Morgan fingerprint density at radius 2 is 1.80 bits per heavy atom.